The SMILES string of the molecule is C=CC=C=C/C=C/CC/C=C/C=C/CCC. The lowest BCUT2D eigenvalue weighted by Crippen LogP contribution is -1.64. The van der Waals surface area contributed by atoms with Gasteiger partial charge in [-0.3, -0.25) is 0 Å². The van der Waals surface area contributed by atoms with Gasteiger partial charge in [-0.1, -0.05) is 62.5 Å². The molecule has 0 radical (unpaired) electrons. The third kappa shape index (κ3) is 12.5. The maximum absolute atomic E-state index is 3.57. The van der Waals surface area contributed by atoms with Crippen LogP contribution in [0.2, 0.25) is 0 Å². The van der Waals surface area contributed by atoms with Crippen LogP contribution in [-0.4, -0.2) is 0 Å². The summed E-state index contributed by atoms with van der Waals surface area (Å²) in [4.78, 5) is 0. The zero-order valence-corrected chi connectivity index (χ0v) is 10.2. The molecule has 0 rings (SSSR count). The van der Waals surface area contributed by atoms with Gasteiger partial charge in [-0.25, -0.2) is 0 Å². The molecule has 0 aliphatic carbocycles. The summed E-state index contributed by atoms with van der Waals surface area (Å²) < 4.78 is 0. The Labute approximate surface area is 100 Å². The van der Waals surface area contributed by atoms with E-state index in [1.165, 1.54) is 12.8 Å². The van der Waals surface area contributed by atoms with Gasteiger partial charge in [0.2, 0.25) is 0 Å². The van der Waals surface area contributed by atoms with Crippen LogP contribution < -0.4 is 0 Å². The van der Waals surface area contributed by atoms with E-state index in [0.717, 1.165) is 12.8 Å². The van der Waals surface area contributed by atoms with Crippen LogP contribution in [0.15, 0.2) is 67.0 Å². The van der Waals surface area contributed by atoms with Crippen LogP contribution in [0.5, 0.6) is 0 Å². The van der Waals surface area contributed by atoms with Gasteiger partial charge < -0.3 is 0 Å². The Morgan fingerprint density at radius 3 is 2.12 bits per heavy atom. The fourth-order valence-corrected chi connectivity index (χ4v) is 1.05. The van der Waals surface area contributed by atoms with E-state index in [-0.39, 0.29) is 0 Å². The fraction of sp³-hybridized carbons (Fsp3) is 0.312. The predicted octanol–water partition coefficient (Wildman–Crippen LogP) is 5.13. The molecular formula is C16H22. The van der Waals surface area contributed by atoms with Gasteiger partial charge >= 0.3 is 0 Å². The Kier molecular flexibility index (Phi) is 12.2. The first-order valence-corrected chi connectivity index (χ1v) is 5.92. The van der Waals surface area contributed by atoms with Crippen LogP contribution >= 0.6 is 0 Å². The van der Waals surface area contributed by atoms with Crippen LogP contribution in [0.1, 0.15) is 32.6 Å². The van der Waals surface area contributed by atoms with Gasteiger partial charge in [-0.2, -0.15) is 0 Å². The first-order chi connectivity index (χ1) is 7.91. The fourth-order valence-electron chi connectivity index (χ4n) is 1.05. The average molecular weight is 214 g/mol. The third-order valence-electron chi connectivity index (χ3n) is 1.88. The molecule has 0 aromatic rings. The highest BCUT2D eigenvalue weighted by Crippen LogP contribution is 1.94. The zero-order valence-electron chi connectivity index (χ0n) is 10.2. The summed E-state index contributed by atoms with van der Waals surface area (Å²) in [6.45, 7) is 5.76. The topological polar surface area (TPSA) is 0 Å². The quantitative estimate of drug-likeness (QED) is 0.298. The van der Waals surface area contributed by atoms with Crippen molar-refractivity contribution in [2.24, 2.45) is 0 Å². The molecular weight excluding hydrogens is 192 g/mol. The molecule has 0 nitrogen and oxygen atoms in total. The van der Waals surface area contributed by atoms with Gasteiger partial charge in [0.1, 0.15) is 0 Å². The van der Waals surface area contributed by atoms with E-state index in [9.17, 15) is 0 Å². The maximum Gasteiger partial charge on any atom is -0.0203 e. The molecule has 0 heterocycles. The first kappa shape index (κ1) is 14.5. The molecule has 0 saturated carbocycles. The van der Waals surface area contributed by atoms with Crippen molar-refractivity contribution in [3.8, 4) is 0 Å². The lowest BCUT2D eigenvalue weighted by Gasteiger charge is -1.84. The van der Waals surface area contributed by atoms with Crippen molar-refractivity contribution in [1.29, 1.82) is 0 Å². The van der Waals surface area contributed by atoms with Gasteiger partial charge in [0.25, 0.3) is 0 Å². The van der Waals surface area contributed by atoms with E-state index in [4.69, 9.17) is 0 Å². The van der Waals surface area contributed by atoms with Gasteiger partial charge in [0.05, 0.1) is 0 Å². The van der Waals surface area contributed by atoms with Crippen molar-refractivity contribution in [1.82, 2.24) is 0 Å². The number of hydrogen-bond donors (Lipinski definition) is 0. The van der Waals surface area contributed by atoms with Crippen LogP contribution in [0.3, 0.4) is 0 Å². The average Bonchev–Trinajstić information content (AvgIpc) is 2.31. The maximum atomic E-state index is 3.57. The Morgan fingerprint density at radius 1 is 0.875 bits per heavy atom. The van der Waals surface area contributed by atoms with E-state index in [0.29, 0.717) is 0 Å². The Morgan fingerprint density at radius 2 is 1.50 bits per heavy atom. The molecule has 0 amide bonds. The van der Waals surface area contributed by atoms with Crippen molar-refractivity contribution in [2.75, 3.05) is 0 Å². The van der Waals surface area contributed by atoms with Gasteiger partial charge in [0.15, 0.2) is 0 Å². The van der Waals surface area contributed by atoms with E-state index < -0.39 is 0 Å². The largest absolute Gasteiger partial charge is 0.121 e. The summed E-state index contributed by atoms with van der Waals surface area (Å²) in [5, 5.41) is 0. The molecule has 0 spiro atoms. The van der Waals surface area contributed by atoms with Gasteiger partial charge in [-0.05, 0) is 31.4 Å². The molecule has 0 heteroatoms. The molecule has 16 heavy (non-hydrogen) atoms. The van der Waals surface area contributed by atoms with Crippen LogP contribution in [0.25, 0.3) is 0 Å². The van der Waals surface area contributed by atoms with E-state index in [1.54, 1.807) is 12.2 Å². The van der Waals surface area contributed by atoms with Crippen molar-refractivity contribution < 1.29 is 0 Å². The molecule has 0 unspecified atom stereocenters. The van der Waals surface area contributed by atoms with Crippen LogP contribution in [0.4, 0.5) is 0 Å². The number of rotatable bonds is 8. The Bertz CT molecular complexity index is 294. The summed E-state index contributed by atoms with van der Waals surface area (Å²) in [7, 11) is 0. The molecule has 0 N–H and O–H groups in total. The Hall–Kier alpha value is -1.52. The molecule has 0 aromatic carbocycles. The summed E-state index contributed by atoms with van der Waals surface area (Å²) in [6, 6.07) is 0. The summed E-state index contributed by atoms with van der Waals surface area (Å²) >= 11 is 0. The van der Waals surface area contributed by atoms with E-state index in [1.807, 2.05) is 12.2 Å². The molecule has 0 fully saturated rings. The van der Waals surface area contributed by atoms with E-state index >= 15 is 0 Å². The first-order valence-electron chi connectivity index (χ1n) is 5.92. The number of hydrogen-bond acceptors (Lipinski definition) is 0. The highest BCUT2D eigenvalue weighted by molar-refractivity contribution is 5.07. The van der Waals surface area contributed by atoms with Crippen molar-refractivity contribution in [3.05, 3.63) is 67.0 Å². The normalized spacial score (nSPS) is 11.1. The highest BCUT2D eigenvalue weighted by atomic mass is 13.8. The Balaban J connectivity index is 3.52. The second-order valence-corrected chi connectivity index (χ2v) is 3.39. The summed E-state index contributed by atoms with van der Waals surface area (Å²) in [5.41, 5.74) is 2.98. The lowest BCUT2D eigenvalue weighted by atomic mass is 10.2. The van der Waals surface area contributed by atoms with Crippen molar-refractivity contribution in [3.63, 3.8) is 0 Å². The van der Waals surface area contributed by atoms with Gasteiger partial charge in [-0.15, -0.1) is 5.73 Å². The van der Waals surface area contributed by atoms with Crippen molar-refractivity contribution in [2.45, 2.75) is 32.6 Å². The van der Waals surface area contributed by atoms with E-state index in [2.05, 4.69) is 49.6 Å². The van der Waals surface area contributed by atoms with Crippen LogP contribution in [-0.2, 0) is 0 Å². The minimum atomic E-state index is 1.07. The summed E-state index contributed by atoms with van der Waals surface area (Å²) in [5.74, 6) is 0. The molecule has 0 saturated heterocycles. The number of unbranched alkanes of at least 4 members (excludes halogenated alkanes) is 2. The summed E-state index contributed by atoms with van der Waals surface area (Å²) in [6.07, 6.45) is 22.8. The second-order valence-electron chi connectivity index (χ2n) is 3.39. The number of allylic oxidation sites excluding steroid dienone is 8. The zero-order chi connectivity index (χ0) is 11.9. The minimum Gasteiger partial charge on any atom is -0.121 e. The second kappa shape index (κ2) is 13.5. The smallest absolute Gasteiger partial charge is 0.0203 e. The van der Waals surface area contributed by atoms with Crippen molar-refractivity contribution >= 4 is 0 Å². The minimum absolute atomic E-state index is 1.07. The standard InChI is InChI=1S/C16H22/c1-3-5-7-9-11-13-15-16-14-12-10-8-6-4-2/h3,5,8-14H,1,4,6,15-16H2,2H3/b10-8+,13-11+,14-12+. The molecule has 0 bridgehead atoms. The van der Waals surface area contributed by atoms with Crippen LogP contribution in [0, 0.1) is 0 Å². The molecule has 0 atom stereocenters. The third-order valence-corrected chi connectivity index (χ3v) is 1.88. The molecule has 0 aliphatic heterocycles. The molecule has 0 aromatic heterocycles. The molecule has 86 valence electrons. The monoisotopic (exact) mass is 214 g/mol. The predicted molar refractivity (Wildman–Crippen MR) is 74.4 cm³/mol. The molecule has 0 aliphatic rings. The van der Waals surface area contributed by atoms with Gasteiger partial charge in [0, 0.05) is 0 Å². The highest BCUT2D eigenvalue weighted by Gasteiger charge is 1.74. The lowest BCUT2D eigenvalue weighted by molar-refractivity contribution is 0.958.